The van der Waals surface area contributed by atoms with E-state index in [1.54, 1.807) is 6.20 Å². The molecule has 0 fully saturated rings. The number of rotatable bonds is 5. The number of hydrogen-bond acceptors (Lipinski definition) is 4. The van der Waals surface area contributed by atoms with Gasteiger partial charge in [0.2, 0.25) is 0 Å². The van der Waals surface area contributed by atoms with Crippen LogP contribution in [0.2, 0.25) is 0 Å². The highest BCUT2D eigenvalue weighted by molar-refractivity contribution is 5.36. The van der Waals surface area contributed by atoms with Crippen molar-refractivity contribution in [2.45, 2.75) is 32.9 Å². The molecular formula is C16H21N3O. The van der Waals surface area contributed by atoms with Crippen molar-refractivity contribution in [3.63, 3.8) is 0 Å². The molecule has 2 heterocycles. The van der Waals surface area contributed by atoms with E-state index in [-0.39, 0.29) is 12.1 Å². The van der Waals surface area contributed by atoms with Crippen LogP contribution in [-0.2, 0) is 0 Å². The molecular weight excluding hydrogens is 250 g/mol. The molecule has 0 saturated heterocycles. The van der Waals surface area contributed by atoms with Crippen LogP contribution in [0, 0.1) is 6.92 Å². The zero-order chi connectivity index (χ0) is 14.5. The molecule has 20 heavy (non-hydrogen) atoms. The first-order chi connectivity index (χ1) is 9.61. The number of ether oxygens (including phenoxy) is 1. The van der Waals surface area contributed by atoms with E-state index in [4.69, 9.17) is 4.74 Å². The van der Waals surface area contributed by atoms with E-state index in [0.29, 0.717) is 0 Å². The number of aromatic nitrogens is 2. The Morgan fingerprint density at radius 3 is 2.60 bits per heavy atom. The van der Waals surface area contributed by atoms with Gasteiger partial charge in [-0.05, 0) is 56.6 Å². The summed E-state index contributed by atoms with van der Waals surface area (Å²) in [7, 11) is 1.94. The fourth-order valence-corrected chi connectivity index (χ4v) is 2.21. The fourth-order valence-electron chi connectivity index (χ4n) is 2.21. The average Bonchev–Trinajstić information content (AvgIpc) is 2.41. The number of nitrogens with zero attached hydrogens (tertiary/aromatic N) is 2. The van der Waals surface area contributed by atoms with Crippen LogP contribution in [0.3, 0.4) is 0 Å². The van der Waals surface area contributed by atoms with E-state index in [0.717, 1.165) is 16.9 Å². The molecule has 1 unspecified atom stereocenters. The Hall–Kier alpha value is -1.94. The number of nitrogens with one attached hydrogen (secondary N) is 1. The van der Waals surface area contributed by atoms with Gasteiger partial charge in [0.15, 0.2) is 0 Å². The van der Waals surface area contributed by atoms with Gasteiger partial charge in [0.05, 0.1) is 18.3 Å². The second-order valence-electron chi connectivity index (χ2n) is 5.07. The lowest BCUT2D eigenvalue weighted by atomic mass is 9.98. The highest BCUT2D eigenvalue weighted by Crippen LogP contribution is 2.25. The SMILES string of the molecule is CNC(c1cncc(OC(C)C)c1)c1cnccc1C. The van der Waals surface area contributed by atoms with Crippen LogP contribution in [0.5, 0.6) is 5.75 Å². The molecule has 0 aliphatic heterocycles. The van der Waals surface area contributed by atoms with Gasteiger partial charge in [-0.15, -0.1) is 0 Å². The number of pyridine rings is 2. The van der Waals surface area contributed by atoms with Crippen LogP contribution < -0.4 is 10.1 Å². The number of hydrogen-bond donors (Lipinski definition) is 1. The Labute approximate surface area is 120 Å². The minimum absolute atomic E-state index is 0.0620. The van der Waals surface area contributed by atoms with Gasteiger partial charge >= 0.3 is 0 Å². The predicted molar refractivity (Wildman–Crippen MR) is 79.9 cm³/mol. The molecule has 0 radical (unpaired) electrons. The van der Waals surface area contributed by atoms with Crippen molar-refractivity contribution in [1.29, 1.82) is 0 Å². The summed E-state index contributed by atoms with van der Waals surface area (Å²) in [6, 6.07) is 4.11. The molecule has 4 heteroatoms. The average molecular weight is 271 g/mol. The van der Waals surface area contributed by atoms with E-state index >= 15 is 0 Å². The Balaban J connectivity index is 2.35. The molecule has 1 atom stereocenters. The molecule has 2 aromatic rings. The third kappa shape index (κ3) is 3.33. The van der Waals surface area contributed by atoms with Crippen molar-refractivity contribution in [3.8, 4) is 5.75 Å². The molecule has 2 aromatic heterocycles. The normalized spacial score (nSPS) is 12.4. The molecule has 0 saturated carbocycles. The lowest BCUT2D eigenvalue weighted by Crippen LogP contribution is -2.19. The van der Waals surface area contributed by atoms with Crippen molar-refractivity contribution in [2.24, 2.45) is 0 Å². The van der Waals surface area contributed by atoms with Gasteiger partial charge in [-0.3, -0.25) is 9.97 Å². The molecule has 0 aromatic carbocycles. The third-order valence-electron chi connectivity index (χ3n) is 3.12. The zero-order valence-corrected chi connectivity index (χ0v) is 12.4. The summed E-state index contributed by atoms with van der Waals surface area (Å²) >= 11 is 0. The first-order valence-electron chi connectivity index (χ1n) is 6.81. The number of aryl methyl sites for hydroxylation is 1. The van der Waals surface area contributed by atoms with Gasteiger partial charge in [0, 0.05) is 18.6 Å². The van der Waals surface area contributed by atoms with Crippen molar-refractivity contribution in [1.82, 2.24) is 15.3 Å². The molecule has 0 aliphatic carbocycles. The highest BCUT2D eigenvalue weighted by atomic mass is 16.5. The molecule has 0 aliphatic rings. The van der Waals surface area contributed by atoms with E-state index in [2.05, 4.69) is 22.2 Å². The third-order valence-corrected chi connectivity index (χ3v) is 3.12. The second-order valence-corrected chi connectivity index (χ2v) is 5.07. The molecule has 0 spiro atoms. The largest absolute Gasteiger partial charge is 0.489 e. The Bertz CT molecular complexity index is 569. The van der Waals surface area contributed by atoms with E-state index in [9.17, 15) is 0 Å². The van der Waals surface area contributed by atoms with Gasteiger partial charge < -0.3 is 10.1 Å². The van der Waals surface area contributed by atoms with Crippen molar-refractivity contribution in [2.75, 3.05) is 7.05 Å². The van der Waals surface area contributed by atoms with Crippen LogP contribution in [-0.4, -0.2) is 23.1 Å². The predicted octanol–water partition coefficient (Wildman–Crippen LogP) is 2.88. The molecule has 0 bridgehead atoms. The zero-order valence-electron chi connectivity index (χ0n) is 12.4. The van der Waals surface area contributed by atoms with Crippen LogP contribution in [0.15, 0.2) is 36.9 Å². The first-order valence-corrected chi connectivity index (χ1v) is 6.81. The summed E-state index contributed by atoms with van der Waals surface area (Å²) in [4.78, 5) is 8.50. The lowest BCUT2D eigenvalue weighted by molar-refractivity contribution is 0.241. The van der Waals surface area contributed by atoms with Crippen LogP contribution in [0.1, 0.15) is 36.6 Å². The summed E-state index contributed by atoms with van der Waals surface area (Å²) in [6.07, 6.45) is 7.45. The topological polar surface area (TPSA) is 47.0 Å². The van der Waals surface area contributed by atoms with E-state index in [1.165, 1.54) is 5.56 Å². The minimum Gasteiger partial charge on any atom is -0.489 e. The van der Waals surface area contributed by atoms with Crippen LogP contribution >= 0.6 is 0 Å². The fraction of sp³-hybridized carbons (Fsp3) is 0.375. The lowest BCUT2D eigenvalue weighted by Gasteiger charge is -2.19. The van der Waals surface area contributed by atoms with Crippen LogP contribution in [0.25, 0.3) is 0 Å². The summed E-state index contributed by atoms with van der Waals surface area (Å²) in [5.41, 5.74) is 3.43. The van der Waals surface area contributed by atoms with E-state index in [1.807, 2.05) is 51.6 Å². The van der Waals surface area contributed by atoms with Gasteiger partial charge in [-0.1, -0.05) is 0 Å². The van der Waals surface area contributed by atoms with Crippen molar-refractivity contribution >= 4 is 0 Å². The first kappa shape index (κ1) is 14.5. The molecule has 1 N–H and O–H groups in total. The highest BCUT2D eigenvalue weighted by Gasteiger charge is 2.15. The van der Waals surface area contributed by atoms with Crippen molar-refractivity contribution in [3.05, 3.63) is 53.6 Å². The van der Waals surface area contributed by atoms with Gasteiger partial charge in [0.25, 0.3) is 0 Å². The van der Waals surface area contributed by atoms with Gasteiger partial charge in [0.1, 0.15) is 5.75 Å². The maximum atomic E-state index is 5.71. The molecule has 2 rings (SSSR count). The maximum absolute atomic E-state index is 5.71. The molecule has 0 amide bonds. The van der Waals surface area contributed by atoms with E-state index < -0.39 is 0 Å². The quantitative estimate of drug-likeness (QED) is 0.908. The second kappa shape index (κ2) is 6.48. The van der Waals surface area contributed by atoms with Gasteiger partial charge in [-0.25, -0.2) is 0 Å². The molecule has 4 nitrogen and oxygen atoms in total. The Morgan fingerprint density at radius 2 is 1.95 bits per heavy atom. The standard InChI is InChI=1S/C16H21N3O/c1-11(2)20-14-7-13(8-19-9-14)16(17-4)15-10-18-6-5-12(15)3/h5-11,16-17H,1-4H3. The summed E-state index contributed by atoms with van der Waals surface area (Å²) in [5.74, 6) is 0.791. The summed E-state index contributed by atoms with van der Waals surface area (Å²) in [6.45, 7) is 6.10. The minimum atomic E-state index is 0.0620. The summed E-state index contributed by atoms with van der Waals surface area (Å²) in [5, 5.41) is 3.32. The van der Waals surface area contributed by atoms with Crippen LogP contribution in [0.4, 0.5) is 0 Å². The summed E-state index contributed by atoms with van der Waals surface area (Å²) < 4.78 is 5.71. The van der Waals surface area contributed by atoms with Crippen molar-refractivity contribution < 1.29 is 4.74 Å². The maximum Gasteiger partial charge on any atom is 0.138 e. The van der Waals surface area contributed by atoms with Gasteiger partial charge in [-0.2, -0.15) is 0 Å². The molecule has 106 valence electrons. The Morgan fingerprint density at radius 1 is 1.15 bits per heavy atom. The monoisotopic (exact) mass is 271 g/mol. The smallest absolute Gasteiger partial charge is 0.138 e. The Kier molecular flexibility index (Phi) is 4.69.